The Morgan fingerprint density at radius 3 is 2.16 bits per heavy atom. The lowest BCUT2D eigenvalue weighted by Gasteiger charge is -2.34. The molecule has 0 unspecified atom stereocenters. The maximum absolute atomic E-state index is 12.5. The van der Waals surface area contributed by atoms with Crippen molar-refractivity contribution in [3.63, 3.8) is 0 Å². The number of nitrogens with zero attached hydrogens (tertiary/aromatic N) is 2. The molecule has 1 heterocycles. The van der Waals surface area contributed by atoms with Crippen molar-refractivity contribution in [1.82, 2.24) is 14.5 Å². The van der Waals surface area contributed by atoms with Gasteiger partial charge < -0.3 is 14.5 Å². The van der Waals surface area contributed by atoms with Gasteiger partial charge in [-0.15, -0.1) is 0 Å². The maximum Gasteiger partial charge on any atom is 0.253 e. The number of benzene rings is 1. The molecule has 0 radical (unpaired) electrons. The molecule has 25 heavy (non-hydrogen) atoms. The fourth-order valence-corrected chi connectivity index (χ4v) is 3.56. The van der Waals surface area contributed by atoms with Gasteiger partial charge in [-0.3, -0.25) is 9.59 Å². The standard InChI is InChI=1S/C16H23N3O5S/c1-13(20)18-8-10-19(11-9-18)16(21)14-3-5-15(6-4-14)25(22,23)17-7-12-24-2/h3-6,17H,7-12H2,1-2H3. The van der Waals surface area contributed by atoms with Crippen LogP contribution < -0.4 is 4.72 Å². The van der Waals surface area contributed by atoms with E-state index in [0.29, 0.717) is 31.7 Å². The molecule has 0 aliphatic carbocycles. The molecule has 1 fully saturated rings. The zero-order valence-corrected chi connectivity index (χ0v) is 15.2. The van der Waals surface area contributed by atoms with E-state index in [2.05, 4.69) is 4.72 Å². The second-order valence-electron chi connectivity index (χ2n) is 5.71. The summed E-state index contributed by atoms with van der Waals surface area (Å²) in [5, 5.41) is 0. The summed E-state index contributed by atoms with van der Waals surface area (Å²) in [5.74, 6) is -0.165. The van der Waals surface area contributed by atoms with Crippen molar-refractivity contribution >= 4 is 21.8 Å². The van der Waals surface area contributed by atoms with Crippen LogP contribution in [0.1, 0.15) is 17.3 Å². The number of amides is 2. The van der Waals surface area contributed by atoms with E-state index in [0.717, 1.165) is 0 Å². The van der Waals surface area contributed by atoms with Crippen LogP contribution >= 0.6 is 0 Å². The second-order valence-corrected chi connectivity index (χ2v) is 7.48. The summed E-state index contributed by atoms with van der Waals surface area (Å²) in [5.41, 5.74) is 0.423. The number of rotatable bonds is 6. The fourth-order valence-electron chi connectivity index (χ4n) is 2.55. The summed E-state index contributed by atoms with van der Waals surface area (Å²) in [7, 11) is -2.12. The number of sulfonamides is 1. The molecule has 2 amide bonds. The summed E-state index contributed by atoms with van der Waals surface area (Å²) in [6.45, 7) is 3.93. The van der Waals surface area contributed by atoms with Crippen LogP contribution in [0.5, 0.6) is 0 Å². The molecule has 0 bridgehead atoms. The summed E-state index contributed by atoms with van der Waals surface area (Å²) in [4.78, 5) is 27.3. The Morgan fingerprint density at radius 2 is 1.64 bits per heavy atom. The van der Waals surface area contributed by atoms with E-state index in [-0.39, 0.29) is 29.9 Å². The van der Waals surface area contributed by atoms with E-state index in [1.165, 1.54) is 38.3 Å². The minimum Gasteiger partial charge on any atom is -0.383 e. The minimum absolute atomic E-state index is 0.00244. The number of hydrogen-bond acceptors (Lipinski definition) is 5. The van der Waals surface area contributed by atoms with Crippen LogP contribution in [0.2, 0.25) is 0 Å². The molecule has 0 saturated carbocycles. The van der Waals surface area contributed by atoms with E-state index >= 15 is 0 Å². The summed E-state index contributed by atoms with van der Waals surface area (Å²) >= 11 is 0. The van der Waals surface area contributed by atoms with Gasteiger partial charge in [0.15, 0.2) is 0 Å². The first-order chi connectivity index (χ1) is 11.8. The Labute approximate surface area is 147 Å². The molecular formula is C16H23N3O5S. The van der Waals surface area contributed by atoms with E-state index in [1.807, 2.05) is 0 Å². The quantitative estimate of drug-likeness (QED) is 0.708. The molecular weight excluding hydrogens is 346 g/mol. The average Bonchev–Trinajstić information content (AvgIpc) is 2.61. The van der Waals surface area contributed by atoms with Gasteiger partial charge in [-0.05, 0) is 24.3 Å². The third-order valence-corrected chi connectivity index (χ3v) is 5.50. The topological polar surface area (TPSA) is 96.0 Å². The first kappa shape index (κ1) is 19.4. The van der Waals surface area contributed by atoms with Gasteiger partial charge in [0.2, 0.25) is 15.9 Å². The molecule has 1 aliphatic heterocycles. The Hall–Kier alpha value is -1.97. The van der Waals surface area contributed by atoms with Crippen molar-refractivity contribution in [2.45, 2.75) is 11.8 Å². The van der Waals surface area contributed by atoms with Crippen molar-refractivity contribution in [2.75, 3.05) is 46.4 Å². The van der Waals surface area contributed by atoms with Crippen molar-refractivity contribution in [3.8, 4) is 0 Å². The summed E-state index contributed by atoms with van der Waals surface area (Å²) < 4.78 is 31.4. The number of hydrogen-bond donors (Lipinski definition) is 1. The van der Waals surface area contributed by atoms with E-state index in [9.17, 15) is 18.0 Å². The second kappa shape index (κ2) is 8.41. The molecule has 1 aromatic carbocycles. The Kier molecular flexibility index (Phi) is 6.51. The molecule has 0 atom stereocenters. The van der Waals surface area contributed by atoms with Gasteiger partial charge in [0.1, 0.15) is 0 Å². The zero-order chi connectivity index (χ0) is 18.4. The summed E-state index contributed by atoms with van der Waals surface area (Å²) in [6.07, 6.45) is 0. The van der Waals surface area contributed by atoms with Crippen molar-refractivity contribution in [2.24, 2.45) is 0 Å². The molecule has 0 aromatic heterocycles. The summed E-state index contributed by atoms with van der Waals surface area (Å²) in [6, 6.07) is 5.83. The first-order valence-electron chi connectivity index (χ1n) is 7.98. The van der Waals surface area contributed by atoms with Crippen LogP contribution in [0.25, 0.3) is 0 Å². The highest BCUT2D eigenvalue weighted by Gasteiger charge is 2.23. The minimum atomic E-state index is -3.62. The van der Waals surface area contributed by atoms with Gasteiger partial charge in [-0.1, -0.05) is 0 Å². The normalized spacial score (nSPS) is 15.3. The molecule has 1 aliphatic rings. The third-order valence-electron chi connectivity index (χ3n) is 4.02. The SMILES string of the molecule is COCCNS(=O)(=O)c1ccc(C(=O)N2CCN(C(C)=O)CC2)cc1. The van der Waals surface area contributed by atoms with Crippen LogP contribution in [0.4, 0.5) is 0 Å². The lowest BCUT2D eigenvalue weighted by atomic mass is 10.2. The van der Waals surface area contributed by atoms with Gasteiger partial charge >= 0.3 is 0 Å². The highest BCUT2D eigenvalue weighted by Crippen LogP contribution is 2.13. The maximum atomic E-state index is 12.5. The number of carbonyl (C=O) groups is 2. The van der Waals surface area contributed by atoms with Gasteiger partial charge in [0, 0.05) is 52.3 Å². The smallest absolute Gasteiger partial charge is 0.253 e. The molecule has 1 saturated heterocycles. The van der Waals surface area contributed by atoms with E-state index < -0.39 is 10.0 Å². The first-order valence-corrected chi connectivity index (χ1v) is 9.47. The Bertz CT molecular complexity index is 710. The average molecular weight is 369 g/mol. The van der Waals surface area contributed by atoms with Gasteiger partial charge in [-0.25, -0.2) is 13.1 Å². The highest BCUT2D eigenvalue weighted by atomic mass is 32.2. The van der Waals surface area contributed by atoms with Crippen molar-refractivity contribution in [3.05, 3.63) is 29.8 Å². The lowest BCUT2D eigenvalue weighted by Crippen LogP contribution is -2.50. The monoisotopic (exact) mass is 369 g/mol. The van der Waals surface area contributed by atoms with Crippen LogP contribution in [-0.2, 0) is 19.6 Å². The van der Waals surface area contributed by atoms with Gasteiger partial charge in [0.05, 0.1) is 11.5 Å². The molecule has 9 heteroatoms. The van der Waals surface area contributed by atoms with Gasteiger partial charge in [-0.2, -0.15) is 0 Å². The van der Waals surface area contributed by atoms with Gasteiger partial charge in [0.25, 0.3) is 5.91 Å². The molecule has 138 valence electrons. The van der Waals surface area contributed by atoms with Crippen LogP contribution in [0.3, 0.4) is 0 Å². The number of methoxy groups -OCH3 is 1. The van der Waals surface area contributed by atoms with E-state index in [1.54, 1.807) is 9.80 Å². The third kappa shape index (κ3) is 5.00. The predicted octanol–water partition coefficient (Wildman–Crippen LogP) is -0.0844. The molecule has 2 rings (SSSR count). The molecule has 1 aromatic rings. The van der Waals surface area contributed by atoms with Crippen molar-refractivity contribution < 1.29 is 22.7 Å². The fraction of sp³-hybridized carbons (Fsp3) is 0.500. The van der Waals surface area contributed by atoms with Crippen molar-refractivity contribution in [1.29, 1.82) is 0 Å². The Morgan fingerprint density at radius 1 is 1.08 bits per heavy atom. The van der Waals surface area contributed by atoms with Crippen LogP contribution in [0.15, 0.2) is 29.2 Å². The molecule has 8 nitrogen and oxygen atoms in total. The Balaban J connectivity index is 2.00. The number of carbonyl (C=O) groups excluding carboxylic acids is 2. The number of nitrogens with one attached hydrogen (secondary N) is 1. The molecule has 1 N–H and O–H groups in total. The van der Waals surface area contributed by atoms with Crippen LogP contribution in [0, 0.1) is 0 Å². The zero-order valence-electron chi connectivity index (χ0n) is 14.4. The largest absolute Gasteiger partial charge is 0.383 e. The lowest BCUT2D eigenvalue weighted by molar-refractivity contribution is -0.130. The van der Waals surface area contributed by atoms with E-state index in [4.69, 9.17) is 4.74 Å². The predicted molar refractivity (Wildman–Crippen MR) is 91.7 cm³/mol. The number of ether oxygens (including phenoxy) is 1. The highest BCUT2D eigenvalue weighted by molar-refractivity contribution is 7.89. The molecule has 0 spiro atoms. The number of piperazine rings is 1. The van der Waals surface area contributed by atoms with Crippen LogP contribution in [-0.4, -0.2) is 76.5 Å².